The molecule has 3 unspecified atom stereocenters. The van der Waals surface area contributed by atoms with Crippen LogP contribution in [0, 0.1) is 5.92 Å². The zero-order valence-electron chi connectivity index (χ0n) is 29.1. The maximum absolute atomic E-state index is 13.9. The average Bonchev–Trinajstić information content (AvgIpc) is 3.82. The van der Waals surface area contributed by atoms with Gasteiger partial charge >= 0.3 is 0 Å². The lowest BCUT2D eigenvalue weighted by atomic mass is 9.91. The third-order valence-electron chi connectivity index (χ3n) is 9.88. The minimum atomic E-state index is -0.835. The first-order chi connectivity index (χ1) is 23.5. The average molecular weight is 689 g/mol. The molecule has 264 valence electrons. The van der Waals surface area contributed by atoms with Crippen LogP contribution < -0.4 is 15.5 Å². The Labute approximate surface area is 294 Å². The Bertz CT molecular complexity index is 1550. The molecule has 0 bridgehead atoms. The van der Waals surface area contributed by atoms with E-state index >= 15 is 0 Å². The van der Waals surface area contributed by atoms with Crippen LogP contribution in [0.1, 0.15) is 68.5 Å². The number of amides is 2. The Balaban J connectivity index is 1.13. The molecule has 2 fully saturated rings. The summed E-state index contributed by atoms with van der Waals surface area (Å²) in [6.07, 6.45) is 2.09. The molecule has 0 radical (unpaired) electrons. The highest BCUT2D eigenvalue weighted by Gasteiger charge is 2.37. The van der Waals surface area contributed by atoms with Crippen molar-refractivity contribution in [3.05, 3.63) is 82.4 Å². The normalized spacial score (nSPS) is 22.9. The predicted octanol–water partition coefficient (Wildman–Crippen LogP) is 3.53. The largest absolute Gasteiger partial charge is 0.392 e. The maximum atomic E-state index is 13.9. The van der Waals surface area contributed by atoms with Gasteiger partial charge in [-0.2, -0.15) is 0 Å². The Morgan fingerprint density at radius 2 is 1.76 bits per heavy atom. The number of nitrogens with zero attached hydrogens (tertiary/aromatic N) is 4. The molecule has 11 heteroatoms. The van der Waals surface area contributed by atoms with Crippen molar-refractivity contribution >= 4 is 28.3 Å². The number of β-amino-alcohol motifs (C(OH)–C–C–N with tert-alkyl or cyclic N) is 1. The molecule has 5 atom stereocenters. The fourth-order valence-electron chi connectivity index (χ4n) is 7.47. The minimum absolute atomic E-state index is 0.0621. The number of benzene rings is 2. The summed E-state index contributed by atoms with van der Waals surface area (Å²) in [4.78, 5) is 39.2. The molecule has 0 saturated carbocycles. The Hall–Kier alpha value is -3.35. The van der Waals surface area contributed by atoms with E-state index in [9.17, 15) is 19.8 Å². The van der Waals surface area contributed by atoms with E-state index in [1.165, 1.54) is 12.8 Å². The van der Waals surface area contributed by atoms with Gasteiger partial charge in [0, 0.05) is 69.1 Å². The molecule has 4 N–H and O–H groups in total. The molecule has 2 aromatic carbocycles. The first kappa shape index (κ1) is 35.5. The zero-order chi connectivity index (χ0) is 34.5. The lowest BCUT2D eigenvalue weighted by molar-refractivity contribution is -0.132. The van der Waals surface area contributed by atoms with E-state index < -0.39 is 35.7 Å². The van der Waals surface area contributed by atoms with Crippen LogP contribution in [0.15, 0.2) is 60.0 Å². The van der Waals surface area contributed by atoms with E-state index in [-0.39, 0.29) is 24.8 Å². The molecule has 1 aromatic heterocycles. The van der Waals surface area contributed by atoms with Gasteiger partial charge in [0.25, 0.3) is 0 Å². The highest BCUT2D eigenvalue weighted by molar-refractivity contribution is 7.13. The van der Waals surface area contributed by atoms with E-state index in [2.05, 4.69) is 30.7 Å². The van der Waals surface area contributed by atoms with Gasteiger partial charge in [-0.25, -0.2) is 4.98 Å². The van der Waals surface area contributed by atoms with Gasteiger partial charge in [-0.1, -0.05) is 54.6 Å². The Morgan fingerprint density at radius 3 is 2.51 bits per heavy atom. The predicted molar refractivity (Wildman–Crippen MR) is 193 cm³/mol. The Morgan fingerprint density at radius 1 is 1.02 bits per heavy atom. The molecule has 10 nitrogen and oxygen atoms in total. The van der Waals surface area contributed by atoms with Gasteiger partial charge in [0.05, 0.1) is 23.9 Å². The second kappa shape index (κ2) is 15.7. The SMILES string of the molecule is CC(C)(C)NC(=O)C1CN(Cc2csc(N3CCCC3)n2)CCN1CC(O)CC(Cc1ccccc1)C(=O)N[C@H]1c2ccccc2C[C@H]1O. The third-order valence-corrected chi connectivity index (χ3v) is 10.8. The second-order valence-electron chi connectivity index (χ2n) is 15.0. The number of nitrogens with one attached hydrogen (secondary N) is 2. The summed E-state index contributed by atoms with van der Waals surface area (Å²) >= 11 is 1.69. The highest BCUT2D eigenvalue weighted by atomic mass is 32.1. The summed E-state index contributed by atoms with van der Waals surface area (Å²) in [5, 5.41) is 31.9. The number of aliphatic hydroxyl groups excluding tert-OH is 2. The number of rotatable bonds is 12. The summed E-state index contributed by atoms with van der Waals surface area (Å²) in [5.41, 5.74) is 3.62. The number of carbonyl (C=O) groups is 2. The third kappa shape index (κ3) is 9.26. The quantitative estimate of drug-likeness (QED) is 0.228. The van der Waals surface area contributed by atoms with Gasteiger partial charge in [-0.05, 0) is 63.1 Å². The number of anilines is 1. The summed E-state index contributed by atoms with van der Waals surface area (Å²) in [6, 6.07) is 16.7. The first-order valence-electron chi connectivity index (χ1n) is 17.8. The van der Waals surface area contributed by atoms with Crippen LogP contribution in [0.2, 0.25) is 0 Å². The smallest absolute Gasteiger partial charge is 0.239 e. The number of aliphatic hydroxyl groups is 2. The van der Waals surface area contributed by atoms with Gasteiger partial charge in [0.2, 0.25) is 11.8 Å². The maximum Gasteiger partial charge on any atom is 0.239 e. The number of aromatic nitrogens is 1. The fourth-order valence-corrected chi connectivity index (χ4v) is 8.34. The number of hydrogen-bond acceptors (Lipinski definition) is 9. The van der Waals surface area contributed by atoms with Crippen LogP contribution in [0.5, 0.6) is 0 Å². The van der Waals surface area contributed by atoms with Crippen LogP contribution in [0.4, 0.5) is 5.13 Å². The molecule has 2 saturated heterocycles. The van der Waals surface area contributed by atoms with Gasteiger partial charge in [-0.3, -0.25) is 19.4 Å². The minimum Gasteiger partial charge on any atom is -0.392 e. The van der Waals surface area contributed by atoms with Crippen molar-refractivity contribution in [1.29, 1.82) is 0 Å². The molecule has 1 aliphatic carbocycles. The monoisotopic (exact) mass is 688 g/mol. The van der Waals surface area contributed by atoms with Crippen LogP contribution in [-0.4, -0.2) is 99.9 Å². The summed E-state index contributed by atoms with van der Waals surface area (Å²) in [6.45, 7) is 10.9. The van der Waals surface area contributed by atoms with E-state index in [1.54, 1.807) is 11.3 Å². The van der Waals surface area contributed by atoms with Gasteiger partial charge < -0.3 is 25.7 Å². The van der Waals surface area contributed by atoms with Crippen LogP contribution >= 0.6 is 11.3 Å². The lowest BCUT2D eigenvalue weighted by Gasteiger charge is -2.42. The Kier molecular flexibility index (Phi) is 11.4. The van der Waals surface area contributed by atoms with Gasteiger partial charge in [0.1, 0.15) is 6.04 Å². The topological polar surface area (TPSA) is 121 Å². The first-order valence-corrected chi connectivity index (χ1v) is 18.7. The fraction of sp³-hybridized carbons (Fsp3) is 0.553. The molecule has 3 heterocycles. The van der Waals surface area contributed by atoms with E-state index in [4.69, 9.17) is 4.98 Å². The molecular weight excluding hydrogens is 637 g/mol. The zero-order valence-corrected chi connectivity index (χ0v) is 29.9. The van der Waals surface area contributed by atoms with E-state index in [0.717, 1.165) is 47.2 Å². The number of fused-ring (bicyclic) bond motifs is 1. The summed E-state index contributed by atoms with van der Waals surface area (Å²) in [7, 11) is 0. The van der Waals surface area contributed by atoms with Crippen molar-refractivity contribution in [2.45, 2.75) is 89.3 Å². The molecule has 2 aliphatic heterocycles. The van der Waals surface area contributed by atoms with Crippen LogP contribution in [-0.2, 0) is 29.0 Å². The van der Waals surface area contributed by atoms with Crippen molar-refractivity contribution in [2.75, 3.05) is 44.2 Å². The van der Waals surface area contributed by atoms with Crippen LogP contribution in [0.3, 0.4) is 0 Å². The lowest BCUT2D eigenvalue weighted by Crippen LogP contribution is -2.62. The number of piperazine rings is 1. The van der Waals surface area contributed by atoms with Crippen molar-refractivity contribution in [3.8, 4) is 0 Å². The van der Waals surface area contributed by atoms with Crippen LogP contribution in [0.25, 0.3) is 0 Å². The van der Waals surface area contributed by atoms with E-state index in [0.29, 0.717) is 32.5 Å². The molecule has 49 heavy (non-hydrogen) atoms. The van der Waals surface area contributed by atoms with Crippen molar-refractivity contribution in [1.82, 2.24) is 25.4 Å². The van der Waals surface area contributed by atoms with Crippen molar-refractivity contribution < 1.29 is 19.8 Å². The number of hydrogen-bond donors (Lipinski definition) is 4. The van der Waals surface area contributed by atoms with Gasteiger partial charge in [-0.15, -0.1) is 11.3 Å². The molecule has 3 aromatic rings. The second-order valence-corrected chi connectivity index (χ2v) is 15.9. The summed E-state index contributed by atoms with van der Waals surface area (Å²) < 4.78 is 0. The number of carbonyl (C=O) groups excluding carboxylic acids is 2. The molecule has 2 amide bonds. The number of thiazole rings is 1. The molecule has 0 spiro atoms. The molecule has 6 rings (SSSR count). The molecule has 3 aliphatic rings. The summed E-state index contributed by atoms with van der Waals surface area (Å²) in [5.74, 6) is -0.769. The van der Waals surface area contributed by atoms with Crippen molar-refractivity contribution in [2.24, 2.45) is 5.92 Å². The van der Waals surface area contributed by atoms with Gasteiger partial charge in [0.15, 0.2) is 5.13 Å². The van der Waals surface area contributed by atoms with E-state index in [1.807, 2.05) is 75.4 Å². The van der Waals surface area contributed by atoms with Crippen molar-refractivity contribution in [3.63, 3.8) is 0 Å². The standard InChI is InChI=1S/C38H52N6O4S/c1-38(2,3)41-36(48)32-24-42(22-29-25-49-37(39-29)43-15-9-10-16-43)17-18-44(32)23-30(45)20-28(19-26-11-5-4-6-12-26)35(47)40-34-31-14-8-7-13-27(31)21-33(34)46/h4-8,11-14,25,28,30,32-34,45-46H,9-10,15-24H2,1-3H3,(H,40,47)(H,41,48)/t28?,30?,32?,33-,34+/m1/s1. The molecular formula is C38H52N6O4S. The highest BCUT2D eigenvalue weighted by Crippen LogP contribution is 2.32.